The van der Waals surface area contributed by atoms with Crippen molar-refractivity contribution in [1.29, 1.82) is 0 Å². The number of nitrogens with zero attached hydrogens (tertiary/aromatic N) is 1. The molecule has 1 rings (SSSR count). The van der Waals surface area contributed by atoms with Crippen LogP contribution in [0.5, 0.6) is 0 Å². The first-order valence-electron chi connectivity index (χ1n) is 5.44. The summed E-state index contributed by atoms with van der Waals surface area (Å²) >= 11 is 0. The Hall–Kier alpha value is -1.33. The van der Waals surface area contributed by atoms with E-state index in [-0.39, 0.29) is 6.61 Å². The second-order valence-corrected chi connectivity index (χ2v) is 3.48. The van der Waals surface area contributed by atoms with Crippen molar-refractivity contribution in [3.63, 3.8) is 0 Å². The molecular weight excluding hydrogens is 206 g/mol. The third-order valence-electron chi connectivity index (χ3n) is 2.24. The van der Waals surface area contributed by atoms with E-state index in [9.17, 15) is 4.79 Å². The molecule has 1 heterocycles. The molecule has 0 aromatic carbocycles. The van der Waals surface area contributed by atoms with Gasteiger partial charge in [-0.3, -0.25) is 4.79 Å². The van der Waals surface area contributed by atoms with Gasteiger partial charge in [-0.2, -0.15) is 0 Å². The Kier molecular flexibility index (Phi) is 5.60. The van der Waals surface area contributed by atoms with Gasteiger partial charge in [-0.05, 0) is 19.1 Å². The fourth-order valence-electron chi connectivity index (χ4n) is 1.45. The van der Waals surface area contributed by atoms with E-state index in [1.807, 2.05) is 6.07 Å². The van der Waals surface area contributed by atoms with E-state index >= 15 is 0 Å². The number of rotatable bonds is 8. The molecule has 1 aromatic heterocycles. The number of nitrogens with two attached hydrogens (primary N) is 1. The lowest BCUT2D eigenvalue weighted by Crippen LogP contribution is -2.24. The quantitative estimate of drug-likeness (QED) is 0.616. The maximum Gasteiger partial charge on any atom is 0.243 e. The molecule has 90 valence electrons. The Labute approximate surface area is 95.6 Å². The average molecular weight is 225 g/mol. The molecule has 0 fully saturated rings. The summed E-state index contributed by atoms with van der Waals surface area (Å²) in [6, 6.07) is 4.12. The molecule has 0 aliphatic heterocycles. The predicted molar refractivity (Wildman–Crippen MR) is 61.8 cm³/mol. The van der Waals surface area contributed by atoms with Gasteiger partial charge in [0.1, 0.15) is 6.61 Å². The van der Waals surface area contributed by atoms with Gasteiger partial charge in [0.05, 0.1) is 6.61 Å². The number of primary amides is 1. The lowest BCUT2D eigenvalue weighted by Gasteiger charge is -2.08. The molecule has 1 amide bonds. The number of carbonyl (C=O) groups excluding carboxylic acids is 1. The molecule has 16 heavy (non-hydrogen) atoms. The summed E-state index contributed by atoms with van der Waals surface area (Å²) in [6.07, 6.45) is 2.06. The summed E-state index contributed by atoms with van der Waals surface area (Å²) in [7, 11) is 0. The molecule has 0 bridgehead atoms. The van der Waals surface area contributed by atoms with Gasteiger partial charge < -0.3 is 20.4 Å². The van der Waals surface area contributed by atoms with E-state index in [1.165, 1.54) is 5.69 Å². The SMILES string of the molecule is CCn1cccc1CNCCOCC(N)=O. The zero-order valence-electron chi connectivity index (χ0n) is 9.61. The number of carbonyl (C=O) groups is 1. The van der Waals surface area contributed by atoms with Crippen molar-refractivity contribution in [3.8, 4) is 0 Å². The Balaban J connectivity index is 2.09. The van der Waals surface area contributed by atoms with Gasteiger partial charge in [0, 0.05) is 31.5 Å². The highest BCUT2D eigenvalue weighted by Crippen LogP contribution is 2.00. The lowest BCUT2D eigenvalue weighted by atomic mass is 10.4. The summed E-state index contributed by atoms with van der Waals surface area (Å²) in [5.74, 6) is -0.431. The molecule has 0 radical (unpaired) electrons. The normalized spacial score (nSPS) is 10.6. The first-order valence-corrected chi connectivity index (χ1v) is 5.44. The van der Waals surface area contributed by atoms with Crippen LogP contribution in [0.1, 0.15) is 12.6 Å². The molecule has 0 unspecified atom stereocenters. The summed E-state index contributed by atoms with van der Waals surface area (Å²) in [4.78, 5) is 10.4. The van der Waals surface area contributed by atoms with Crippen LogP contribution in [-0.2, 0) is 22.6 Å². The van der Waals surface area contributed by atoms with Crippen LogP contribution in [0.25, 0.3) is 0 Å². The van der Waals surface area contributed by atoms with Gasteiger partial charge in [-0.1, -0.05) is 0 Å². The second-order valence-electron chi connectivity index (χ2n) is 3.48. The number of aryl methyl sites for hydroxylation is 1. The number of ether oxygens (including phenoxy) is 1. The topological polar surface area (TPSA) is 69.3 Å². The molecule has 0 aliphatic rings. The summed E-state index contributed by atoms with van der Waals surface area (Å²) in [6.45, 7) is 5.09. The molecule has 0 saturated carbocycles. The Morgan fingerprint density at radius 3 is 3.12 bits per heavy atom. The number of amides is 1. The first kappa shape index (κ1) is 12.7. The van der Waals surface area contributed by atoms with Gasteiger partial charge in [0.2, 0.25) is 5.91 Å². The maximum absolute atomic E-state index is 10.4. The molecule has 0 atom stereocenters. The summed E-state index contributed by atoms with van der Waals surface area (Å²) < 4.78 is 7.21. The number of hydrogen-bond acceptors (Lipinski definition) is 3. The van der Waals surface area contributed by atoms with Gasteiger partial charge in [-0.25, -0.2) is 0 Å². The number of hydrogen-bond donors (Lipinski definition) is 2. The number of aromatic nitrogens is 1. The van der Waals surface area contributed by atoms with Crippen molar-refractivity contribution in [2.75, 3.05) is 19.8 Å². The van der Waals surface area contributed by atoms with Gasteiger partial charge in [0.25, 0.3) is 0 Å². The molecule has 1 aromatic rings. The lowest BCUT2D eigenvalue weighted by molar-refractivity contribution is -0.122. The molecule has 3 N–H and O–H groups in total. The van der Waals surface area contributed by atoms with Crippen LogP contribution in [-0.4, -0.2) is 30.2 Å². The third-order valence-corrected chi connectivity index (χ3v) is 2.24. The minimum atomic E-state index is -0.431. The average Bonchev–Trinajstić information content (AvgIpc) is 2.70. The van der Waals surface area contributed by atoms with E-state index in [0.29, 0.717) is 13.2 Å². The van der Waals surface area contributed by atoms with Crippen LogP contribution < -0.4 is 11.1 Å². The van der Waals surface area contributed by atoms with E-state index in [1.54, 1.807) is 0 Å². The van der Waals surface area contributed by atoms with Crippen molar-refractivity contribution >= 4 is 5.91 Å². The minimum Gasteiger partial charge on any atom is -0.370 e. The molecule has 0 spiro atoms. The van der Waals surface area contributed by atoms with Gasteiger partial charge >= 0.3 is 0 Å². The molecule has 5 nitrogen and oxygen atoms in total. The van der Waals surface area contributed by atoms with Crippen LogP contribution in [0.2, 0.25) is 0 Å². The van der Waals surface area contributed by atoms with Crippen LogP contribution >= 0.6 is 0 Å². The van der Waals surface area contributed by atoms with Crippen LogP contribution in [0.15, 0.2) is 18.3 Å². The monoisotopic (exact) mass is 225 g/mol. The van der Waals surface area contributed by atoms with Crippen molar-refractivity contribution in [1.82, 2.24) is 9.88 Å². The third kappa shape index (κ3) is 4.46. The van der Waals surface area contributed by atoms with Crippen LogP contribution in [0.3, 0.4) is 0 Å². The highest BCUT2D eigenvalue weighted by atomic mass is 16.5. The first-order chi connectivity index (χ1) is 7.74. The molecule has 0 aliphatic carbocycles. The molecule has 5 heteroatoms. The Bertz CT molecular complexity index is 323. The minimum absolute atomic E-state index is 0.00693. The van der Waals surface area contributed by atoms with Crippen molar-refractivity contribution in [3.05, 3.63) is 24.0 Å². The predicted octanol–water partition coefficient (Wildman–Crippen LogP) is 0.0995. The standard InChI is InChI=1S/C11H19N3O2/c1-2-14-6-3-4-10(14)8-13-5-7-16-9-11(12)15/h3-4,6,13H,2,5,7-9H2,1H3,(H2,12,15). The summed E-state index contributed by atoms with van der Waals surface area (Å²) in [5, 5.41) is 3.24. The van der Waals surface area contributed by atoms with Gasteiger partial charge in [0.15, 0.2) is 0 Å². The summed E-state index contributed by atoms with van der Waals surface area (Å²) in [5.41, 5.74) is 6.18. The highest BCUT2D eigenvalue weighted by molar-refractivity contribution is 5.74. The molecular formula is C11H19N3O2. The smallest absolute Gasteiger partial charge is 0.243 e. The highest BCUT2D eigenvalue weighted by Gasteiger charge is 1.98. The maximum atomic E-state index is 10.4. The fraction of sp³-hybridized carbons (Fsp3) is 0.545. The Morgan fingerprint density at radius 2 is 2.44 bits per heavy atom. The second kappa shape index (κ2) is 7.03. The number of nitrogens with one attached hydrogen (secondary N) is 1. The van der Waals surface area contributed by atoms with Crippen LogP contribution in [0.4, 0.5) is 0 Å². The van der Waals surface area contributed by atoms with Crippen molar-refractivity contribution < 1.29 is 9.53 Å². The van der Waals surface area contributed by atoms with Crippen molar-refractivity contribution in [2.45, 2.75) is 20.0 Å². The zero-order valence-corrected chi connectivity index (χ0v) is 9.61. The van der Waals surface area contributed by atoms with E-state index in [2.05, 4.69) is 29.1 Å². The van der Waals surface area contributed by atoms with E-state index in [4.69, 9.17) is 10.5 Å². The fourth-order valence-corrected chi connectivity index (χ4v) is 1.45. The van der Waals surface area contributed by atoms with Crippen LogP contribution in [0, 0.1) is 0 Å². The zero-order chi connectivity index (χ0) is 11.8. The van der Waals surface area contributed by atoms with Crippen molar-refractivity contribution in [2.24, 2.45) is 5.73 Å². The largest absolute Gasteiger partial charge is 0.370 e. The molecule has 0 saturated heterocycles. The van der Waals surface area contributed by atoms with Gasteiger partial charge in [-0.15, -0.1) is 0 Å². The van der Waals surface area contributed by atoms with E-state index in [0.717, 1.165) is 13.1 Å². The Morgan fingerprint density at radius 1 is 1.62 bits per heavy atom. The van der Waals surface area contributed by atoms with E-state index < -0.39 is 5.91 Å².